The molecule has 0 spiro atoms. The van der Waals surface area contributed by atoms with Gasteiger partial charge in [0.05, 0.1) is 16.7 Å². The molecule has 73 heavy (non-hydrogen) atoms. The van der Waals surface area contributed by atoms with Crippen molar-refractivity contribution in [2.45, 2.75) is 155 Å². The average molecular weight is 974 g/mol. The molecule has 0 amide bonds. The zero-order valence-corrected chi connectivity index (χ0v) is 46.7. The lowest BCUT2D eigenvalue weighted by Crippen LogP contribution is -2.61. The number of fused-ring (bicyclic) bond motifs is 12. The smallest absolute Gasteiger partial charge is 0.252 e. The number of benzene rings is 7. The first-order valence-electron chi connectivity index (χ1n) is 27.3. The fourth-order valence-electron chi connectivity index (χ4n) is 13.9. The van der Waals surface area contributed by atoms with E-state index in [4.69, 9.17) is 0 Å². The molecule has 9 aromatic rings. The molecule has 0 bridgehead atoms. The molecule has 2 unspecified atom stereocenters. The predicted octanol–water partition coefficient (Wildman–Crippen LogP) is 17.2. The Balaban J connectivity index is 1.18. The molecule has 1 saturated carbocycles. The monoisotopic (exact) mass is 974 g/mol. The molecule has 0 N–H and O–H groups in total. The van der Waals surface area contributed by atoms with Crippen LogP contribution in [0.15, 0.2) is 133 Å². The highest BCUT2D eigenvalue weighted by molar-refractivity contribution is 7.26. The first-order chi connectivity index (χ1) is 34.5. The molecule has 3 nitrogen and oxygen atoms in total. The summed E-state index contributed by atoms with van der Waals surface area (Å²) in [5, 5.41) is 4.12. The van der Waals surface area contributed by atoms with Gasteiger partial charge in [0.25, 0.3) is 6.71 Å². The molecule has 4 aliphatic rings. The van der Waals surface area contributed by atoms with E-state index in [9.17, 15) is 0 Å². The van der Waals surface area contributed by atoms with E-state index in [1.165, 1.54) is 140 Å². The van der Waals surface area contributed by atoms with E-state index in [0.29, 0.717) is 0 Å². The highest BCUT2D eigenvalue weighted by Crippen LogP contribution is 2.62. The molecule has 1 aliphatic carbocycles. The molecule has 368 valence electrons. The first kappa shape index (κ1) is 46.7. The van der Waals surface area contributed by atoms with Gasteiger partial charge in [-0.1, -0.05) is 182 Å². The SMILES string of the molecule is CC(C)(C)c1ccc(N2c3cc(N4c5ccc(C(C)(C)C)cc5C5(C)CCCCC45C)ccc3B3c4c2cc(C(C)(C)C)cc4-n2c4sc5ccccc5c4c4cc(C(C)(C)C)cc3c42)c(-c2ccccc2)c1. The Bertz CT molecular complexity index is 3790. The van der Waals surface area contributed by atoms with Crippen LogP contribution >= 0.6 is 11.3 Å². The van der Waals surface area contributed by atoms with Crippen LogP contribution in [0.1, 0.15) is 150 Å². The third-order valence-electron chi connectivity index (χ3n) is 18.3. The minimum atomic E-state index is -0.125. The number of thiophene rings is 1. The lowest BCUT2D eigenvalue weighted by molar-refractivity contribution is 0.195. The number of rotatable bonds is 3. The van der Waals surface area contributed by atoms with Crippen molar-refractivity contribution in [1.29, 1.82) is 0 Å². The molecular formula is C68H72BN3S. The molecule has 3 aliphatic heterocycles. The highest BCUT2D eigenvalue weighted by atomic mass is 32.1. The second-order valence-corrected chi connectivity index (χ2v) is 28.0. The summed E-state index contributed by atoms with van der Waals surface area (Å²) in [5.41, 5.74) is 22.5. The van der Waals surface area contributed by atoms with Crippen LogP contribution in [0.3, 0.4) is 0 Å². The standard InChI is InChI=1S/C68H72BN3S/c1-63(2,3)42-26-30-53(48(34-42)41-22-16-15-17-23-41)70-55-40-46(72-54-31-27-43(64(4,5)6)36-50(54)67(13)32-20-21-33-68(67,72)14)28-29-51(55)69-52-37-44(65(7,8)9)35-49-59-47-24-18-19-25-58(47)73-62(59)71(61(49)52)57-39-45(66(10,11)12)38-56(70)60(57)69/h15-19,22-31,34-40H,20-21,32-33H2,1-14H3. The molecule has 0 radical (unpaired) electrons. The summed E-state index contributed by atoms with van der Waals surface area (Å²) >= 11 is 1.96. The molecule has 1 fully saturated rings. The fraction of sp³-hybridized carbons (Fsp3) is 0.353. The van der Waals surface area contributed by atoms with E-state index in [1.54, 1.807) is 0 Å². The van der Waals surface area contributed by atoms with Crippen LogP contribution in [0.25, 0.3) is 48.0 Å². The molecule has 13 rings (SSSR count). The lowest BCUT2D eigenvalue weighted by Gasteiger charge is -2.50. The van der Waals surface area contributed by atoms with Gasteiger partial charge in [-0.25, -0.2) is 0 Å². The van der Waals surface area contributed by atoms with Crippen molar-refractivity contribution in [3.05, 3.63) is 161 Å². The molecule has 5 heteroatoms. The van der Waals surface area contributed by atoms with E-state index >= 15 is 0 Å². The van der Waals surface area contributed by atoms with Gasteiger partial charge in [-0.05, 0) is 146 Å². The summed E-state index contributed by atoms with van der Waals surface area (Å²) < 4.78 is 4.05. The third kappa shape index (κ3) is 6.62. The molecule has 0 saturated heterocycles. The Morgan fingerprint density at radius 3 is 1.85 bits per heavy atom. The number of anilines is 5. The summed E-state index contributed by atoms with van der Waals surface area (Å²) in [6.45, 7) is 33.7. The summed E-state index contributed by atoms with van der Waals surface area (Å²) in [6.07, 6.45) is 4.84. The Morgan fingerprint density at radius 1 is 0.507 bits per heavy atom. The Hall–Kier alpha value is -6.04. The van der Waals surface area contributed by atoms with Gasteiger partial charge in [-0.15, -0.1) is 11.3 Å². The summed E-state index contributed by atoms with van der Waals surface area (Å²) in [7, 11) is 0. The van der Waals surface area contributed by atoms with Gasteiger partial charge in [0, 0.05) is 60.3 Å². The number of hydrogen-bond acceptors (Lipinski definition) is 3. The molecule has 5 heterocycles. The topological polar surface area (TPSA) is 11.4 Å². The Labute approximate surface area is 439 Å². The van der Waals surface area contributed by atoms with Crippen LogP contribution in [0.4, 0.5) is 28.4 Å². The minimum absolute atomic E-state index is 0.00855. The van der Waals surface area contributed by atoms with E-state index in [1.807, 2.05) is 11.3 Å². The normalized spacial score (nSPS) is 19.5. The number of hydrogen-bond donors (Lipinski definition) is 0. The Kier molecular flexibility index (Phi) is 9.78. The highest BCUT2D eigenvalue weighted by Gasteiger charge is 2.58. The van der Waals surface area contributed by atoms with Crippen LogP contribution in [0, 0.1) is 0 Å². The van der Waals surface area contributed by atoms with Gasteiger partial charge in [-0.2, -0.15) is 0 Å². The maximum absolute atomic E-state index is 2.81. The van der Waals surface area contributed by atoms with Gasteiger partial charge in [0.15, 0.2) is 0 Å². The van der Waals surface area contributed by atoms with E-state index in [0.717, 1.165) is 6.42 Å². The van der Waals surface area contributed by atoms with Crippen LogP contribution in [0.2, 0.25) is 0 Å². The third-order valence-corrected chi connectivity index (χ3v) is 19.5. The largest absolute Gasteiger partial charge is 0.334 e. The first-order valence-corrected chi connectivity index (χ1v) is 28.1. The molecule has 2 atom stereocenters. The maximum atomic E-state index is 2.81. The van der Waals surface area contributed by atoms with Crippen LogP contribution in [-0.2, 0) is 27.1 Å². The van der Waals surface area contributed by atoms with Gasteiger partial charge < -0.3 is 14.4 Å². The maximum Gasteiger partial charge on any atom is 0.252 e. The van der Waals surface area contributed by atoms with Crippen molar-refractivity contribution in [2.75, 3.05) is 9.80 Å². The summed E-state index contributed by atoms with van der Waals surface area (Å²) in [6, 6.07) is 53.2. The molecular weight excluding hydrogens is 902 g/mol. The number of aromatic nitrogens is 1. The van der Waals surface area contributed by atoms with Crippen molar-refractivity contribution in [3.8, 4) is 16.8 Å². The summed E-state index contributed by atoms with van der Waals surface area (Å²) in [5.74, 6) is 0. The second kappa shape index (κ2) is 15.3. The average Bonchev–Trinajstić information content (AvgIpc) is 3.95. The minimum Gasteiger partial charge on any atom is -0.334 e. The van der Waals surface area contributed by atoms with Gasteiger partial charge in [0.2, 0.25) is 0 Å². The summed E-state index contributed by atoms with van der Waals surface area (Å²) in [4.78, 5) is 6.87. The van der Waals surface area contributed by atoms with Gasteiger partial charge >= 0.3 is 0 Å². The zero-order valence-electron chi connectivity index (χ0n) is 45.9. The van der Waals surface area contributed by atoms with Gasteiger partial charge in [0.1, 0.15) is 4.83 Å². The van der Waals surface area contributed by atoms with Crippen molar-refractivity contribution >= 4 is 94.1 Å². The van der Waals surface area contributed by atoms with Crippen molar-refractivity contribution in [2.24, 2.45) is 0 Å². The molecule has 2 aromatic heterocycles. The van der Waals surface area contributed by atoms with E-state index in [-0.39, 0.29) is 39.3 Å². The van der Waals surface area contributed by atoms with Crippen LogP contribution < -0.4 is 26.2 Å². The fourth-order valence-corrected chi connectivity index (χ4v) is 15.1. The van der Waals surface area contributed by atoms with Gasteiger partial charge in [-0.3, -0.25) is 0 Å². The van der Waals surface area contributed by atoms with Crippen LogP contribution in [-0.4, -0.2) is 16.8 Å². The lowest BCUT2D eigenvalue weighted by atomic mass is 9.33. The van der Waals surface area contributed by atoms with Crippen molar-refractivity contribution in [1.82, 2.24) is 4.57 Å². The van der Waals surface area contributed by atoms with E-state index in [2.05, 4.69) is 245 Å². The molecule has 7 aromatic carbocycles. The van der Waals surface area contributed by atoms with Crippen molar-refractivity contribution < 1.29 is 0 Å². The quantitative estimate of drug-likeness (QED) is 0.164. The number of nitrogens with zero attached hydrogens (tertiary/aromatic N) is 3. The van der Waals surface area contributed by atoms with E-state index < -0.39 is 0 Å². The van der Waals surface area contributed by atoms with Crippen LogP contribution in [0.5, 0.6) is 0 Å². The zero-order chi connectivity index (χ0) is 51.1. The van der Waals surface area contributed by atoms with Crippen molar-refractivity contribution in [3.63, 3.8) is 0 Å². The Morgan fingerprint density at radius 2 is 1.14 bits per heavy atom. The predicted molar refractivity (Wildman–Crippen MR) is 319 cm³/mol. The second-order valence-electron chi connectivity index (χ2n) is 27.0.